The van der Waals surface area contributed by atoms with E-state index in [4.69, 9.17) is 11.0 Å². The van der Waals surface area contributed by atoms with Gasteiger partial charge in [-0.25, -0.2) is 0 Å². The Morgan fingerprint density at radius 2 is 2.25 bits per heavy atom. The maximum absolute atomic E-state index is 12.2. The van der Waals surface area contributed by atoms with Gasteiger partial charge in [0.05, 0.1) is 11.6 Å². The number of nitrogens with one attached hydrogen (secondary N) is 1. The van der Waals surface area contributed by atoms with E-state index in [-0.39, 0.29) is 17.7 Å². The molecule has 7 heteroatoms. The van der Waals surface area contributed by atoms with Gasteiger partial charge in [-0.15, -0.1) is 5.10 Å². The van der Waals surface area contributed by atoms with Crippen molar-refractivity contribution >= 4 is 11.9 Å². The number of nitrogens with zero attached hydrogens (tertiary/aromatic N) is 4. The van der Waals surface area contributed by atoms with E-state index in [1.807, 2.05) is 19.1 Å². The summed E-state index contributed by atoms with van der Waals surface area (Å²) in [5.74, 6) is -0.176. The SMILES string of the molecule is CCN(Cc1ccccc1C#N)C(=O)c1nc(N)n[nH]1. The van der Waals surface area contributed by atoms with Gasteiger partial charge in [0, 0.05) is 13.1 Å². The van der Waals surface area contributed by atoms with Crippen LogP contribution >= 0.6 is 0 Å². The highest BCUT2D eigenvalue weighted by atomic mass is 16.2. The molecule has 3 N–H and O–H groups in total. The number of amides is 1. The van der Waals surface area contributed by atoms with Crippen LogP contribution in [0.5, 0.6) is 0 Å². The lowest BCUT2D eigenvalue weighted by Crippen LogP contribution is -2.31. The van der Waals surface area contributed by atoms with Crippen LogP contribution in [-0.4, -0.2) is 32.5 Å². The van der Waals surface area contributed by atoms with Gasteiger partial charge < -0.3 is 10.6 Å². The summed E-state index contributed by atoms with van der Waals surface area (Å²) in [6.07, 6.45) is 0. The zero-order valence-corrected chi connectivity index (χ0v) is 11.0. The maximum atomic E-state index is 12.2. The molecule has 0 aliphatic rings. The Labute approximate surface area is 116 Å². The lowest BCUT2D eigenvalue weighted by Gasteiger charge is -2.20. The fraction of sp³-hybridized carbons (Fsp3) is 0.231. The summed E-state index contributed by atoms with van der Waals surface area (Å²) < 4.78 is 0. The highest BCUT2D eigenvalue weighted by molar-refractivity contribution is 5.90. The van der Waals surface area contributed by atoms with Crippen LogP contribution < -0.4 is 5.73 Å². The number of carbonyl (C=O) groups excluding carboxylic acids is 1. The average Bonchev–Trinajstić information content (AvgIpc) is 2.91. The first-order chi connectivity index (χ1) is 9.65. The Hall–Kier alpha value is -2.88. The van der Waals surface area contributed by atoms with Crippen LogP contribution in [0.1, 0.15) is 28.7 Å². The van der Waals surface area contributed by atoms with Crippen molar-refractivity contribution in [2.75, 3.05) is 12.3 Å². The molecule has 1 amide bonds. The molecule has 0 atom stereocenters. The van der Waals surface area contributed by atoms with Crippen LogP contribution in [0.15, 0.2) is 24.3 Å². The molecule has 7 nitrogen and oxygen atoms in total. The largest absolute Gasteiger partial charge is 0.366 e. The zero-order chi connectivity index (χ0) is 14.5. The maximum Gasteiger partial charge on any atom is 0.291 e. The summed E-state index contributed by atoms with van der Waals surface area (Å²) in [6.45, 7) is 2.67. The topological polar surface area (TPSA) is 112 Å². The number of nitriles is 1. The van der Waals surface area contributed by atoms with Gasteiger partial charge in [0.15, 0.2) is 0 Å². The average molecular weight is 270 g/mol. The second kappa shape index (κ2) is 5.84. The minimum atomic E-state index is -0.301. The van der Waals surface area contributed by atoms with Crippen molar-refractivity contribution in [2.24, 2.45) is 0 Å². The summed E-state index contributed by atoms with van der Waals surface area (Å²) in [5.41, 5.74) is 6.73. The number of aromatic nitrogens is 3. The third-order valence-corrected chi connectivity index (χ3v) is 2.87. The summed E-state index contributed by atoms with van der Waals surface area (Å²) in [6, 6.07) is 9.28. The summed E-state index contributed by atoms with van der Waals surface area (Å²) in [7, 11) is 0. The van der Waals surface area contributed by atoms with Crippen LogP contribution in [0.25, 0.3) is 0 Å². The molecular weight excluding hydrogens is 256 g/mol. The third-order valence-electron chi connectivity index (χ3n) is 2.87. The van der Waals surface area contributed by atoms with Gasteiger partial charge in [-0.2, -0.15) is 10.2 Å². The zero-order valence-electron chi connectivity index (χ0n) is 11.0. The third kappa shape index (κ3) is 2.75. The molecule has 102 valence electrons. The Bertz CT molecular complexity index is 657. The highest BCUT2D eigenvalue weighted by Gasteiger charge is 2.19. The Kier molecular flexibility index (Phi) is 3.96. The molecule has 0 fully saturated rings. The van der Waals surface area contributed by atoms with Gasteiger partial charge in [0.25, 0.3) is 5.91 Å². The quantitative estimate of drug-likeness (QED) is 0.858. The lowest BCUT2D eigenvalue weighted by atomic mass is 10.1. The fourth-order valence-corrected chi connectivity index (χ4v) is 1.82. The minimum Gasteiger partial charge on any atom is -0.366 e. The smallest absolute Gasteiger partial charge is 0.291 e. The molecule has 1 aromatic carbocycles. The number of nitrogens with two attached hydrogens (primary N) is 1. The van der Waals surface area contributed by atoms with E-state index in [0.29, 0.717) is 18.7 Å². The van der Waals surface area contributed by atoms with Crippen molar-refractivity contribution < 1.29 is 4.79 Å². The van der Waals surface area contributed by atoms with Gasteiger partial charge in [-0.3, -0.25) is 9.89 Å². The van der Waals surface area contributed by atoms with Gasteiger partial charge in [-0.05, 0) is 18.6 Å². The van der Waals surface area contributed by atoms with E-state index in [1.165, 1.54) is 0 Å². The monoisotopic (exact) mass is 270 g/mol. The normalized spacial score (nSPS) is 10.0. The molecule has 0 aliphatic carbocycles. The number of nitrogen functional groups attached to an aromatic ring is 1. The number of benzene rings is 1. The number of anilines is 1. The summed E-state index contributed by atoms with van der Waals surface area (Å²) in [5, 5.41) is 15.2. The lowest BCUT2D eigenvalue weighted by molar-refractivity contribution is 0.0740. The number of rotatable bonds is 4. The second-order valence-corrected chi connectivity index (χ2v) is 4.13. The first-order valence-electron chi connectivity index (χ1n) is 6.10. The minimum absolute atomic E-state index is 0.0295. The van der Waals surface area contributed by atoms with Gasteiger partial charge in [0.2, 0.25) is 11.8 Å². The second-order valence-electron chi connectivity index (χ2n) is 4.13. The van der Waals surface area contributed by atoms with Crippen molar-refractivity contribution in [3.63, 3.8) is 0 Å². The van der Waals surface area contributed by atoms with E-state index in [9.17, 15) is 4.79 Å². The molecule has 0 saturated heterocycles. The van der Waals surface area contributed by atoms with Gasteiger partial charge in [0.1, 0.15) is 0 Å². The van der Waals surface area contributed by atoms with E-state index in [0.717, 1.165) is 5.56 Å². The molecule has 1 heterocycles. The number of carbonyl (C=O) groups is 1. The fourth-order valence-electron chi connectivity index (χ4n) is 1.82. The molecule has 0 bridgehead atoms. The molecule has 1 aromatic heterocycles. The number of hydrogen-bond acceptors (Lipinski definition) is 5. The number of hydrogen-bond donors (Lipinski definition) is 2. The molecular formula is C13H14N6O. The molecule has 0 radical (unpaired) electrons. The predicted octanol–water partition coefficient (Wildman–Crippen LogP) is 0.921. The molecule has 0 unspecified atom stereocenters. The van der Waals surface area contributed by atoms with Crippen LogP contribution in [0.3, 0.4) is 0 Å². The molecule has 0 aliphatic heterocycles. The molecule has 20 heavy (non-hydrogen) atoms. The Morgan fingerprint density at radius 3 is 2.85 bits per heavy atom. The predicted molar refractivity (Wildman–Crippen MR) is 72.4 cm³/mol. The Balaban J connectivity index is 2.21. The van der Waals surface area contributed by atoms with Crippen LogP contribution in [0.4, 0.5) is 5.95 Å². The molecule has 0 spiro atoms. The van der Waals surface area contributed by atoms with Crippen molar-refractivity contribution in [1.29, 1.82) is 5.26 Å². The number of aromatic amines is 1. The summed E-state index contributed by atoms with van der Waals surface area (Å²) in [4.78, 5) is 17.6. The first-order valence-corrected chi connectivity index (χ1v) is 6.10. The number of H-pyrrole nitrogens is 1. The molecule has 0 saturated carbocycles. The van der Waals surface area contributed by atoms with Gasteiger partial charge in [-0.1, -0.05) is 18.2 Å². The summed E-state index contributed by atoms with van der Waals surface area (Å²) >= 11 is 0. The van der Waals surface area contributed by atoms with Crippen molar-refractivity contribution in [3.8, 4) is 6.07 Å². The molecule has 2 rings (SSSR count). The first kappa shape index (κ1) is 13.5. The molecule has 2 aromatic rings. The van der Waals surface area contributed by atoms with E-state index in [1.54, 1.807) is 17.0 Å². The van der Waals surface area contributed by atoms with Gasteiger partial charge >= 0.3 is 0 Å². The highest BCUT2D eigenvalue weighted by Crippen LogP contribution is 2.12. The van der Waals surface area contributed by atoms with Crippen molar-refractivity contribution in [2.45, 2.75) is 13.5 Å². The van der Waals surface area contributed by atoms with Crippen LogP contribution in [0, 0.1) is 11.3 Å². The van der Waals surface area contributed by atoms with Crippen LogP contribution in [0.2, 0.25) is 0 Å². The Morgan fingerprint density at radius 1 is 1.50 bits per heavy atom. The van der Waals surface area contributed by atoms with Crippen molar-refractivity contribution in [3.05, 3.63) is 41.2 Å². The van der Waals surface area contributed by atoms with E-state index >= 15 is 0 Å². The van der Waals surface area contributed by atoms with Crippen molar-refractivity contribution in [1.82, 2.24) is 20.1 Å². The van der Waals surface area contributed by atoms with E-state index < -0.39 is 0 Å². The van der Waals surface area contributed by atoms with Crippen LogP contribution in [-0.2, 0) is 6.54 Å². The van der Waals surface area contributed by atoms with E-state index in [2.05, 4.69) is 21.3 Å². The standard InChI is InChI=1S/C13H14N6O/c1-2-19(12(20)11-16-13(15)18-17-11)8-10-6-4-3-5-9(10)7-14/h3-6H,2,8H2,1H3,(H3,15,16,17,18).